The van der Waals surface area contributed by atoms with Gasteiger partial charge in [-0.25, -0.2) is 13.2 Å². The van der Waals surface area contributed by atoms with Crippen LogP contribution in [0.25, 0.3) is 0 Å². The van der Waals surface area contributed by atoms with Crippen LogP contribution in [-0.2, 0) is 9.84 Å². The molecule has 25 heavy (non-hydrogen) atoms. The van der Waals surface area contributed by atoms with Crippen LogP contribution in [0.4, 0.5) is 10.5 Å². The monoisotopic (exact) mass is 368 g/mol. The van der Waals surface area contributed by atoms with Crippen LogP contribution in [0, 0.1) is 0 Å². The molecule has 1 fully saturated rings. The van der Waals surface area contributed by atoms with Gasteiger partial charge in [0, 0.05) is 30.1 Å². The lowest BCUT2D eigenvalue weighted by Crippen LogP contribution is -2.54. The van der Waals surface area contributed by atoms with Gasteiger partial charge in [0.25, 0.3) is 0 Å². The molecule has 0 spiro atoms. The summed E-state index contributed by atoms with van der Waals surface area (Å²) in [6.07, 6.45) is 4.72. The Bertz CT molecular complexity index is 702. The van der Waals surface area contributed by atoms with Crippen molar-refractivity contribution in [2.75, 3.05) is 18.1 Å². The maximum Gasteiger partial charge on any atom is 0.407 e. The molecule has 2 rings (SSSR count). The van der Waals surface area contributed by atoms with E-state index in [0.717, 1.165) is 37.8 Å². The van der Waals surface area contributed by atoms with E-state index in [4.69, 9.17) is 0 Å². The molecule has 7 heteroatoms. The van der Waals surface area contributed by atoms with Crippen molar-refractivity contribution in [1.29, 1.82) is 0 Å². The van der Waals surface area contributed by atoms with Crippen molar-refractivity contribution in [2.24, 2.45) is 0 Å². The Hall–Kier alpha value is -1.76. The van der Waals surface area contributed by atoms with E-state index in [1.54, 1.807) is 29.2 Å². The Morgan fingerprint density at radius 2 is 2.00 bits per heavy atom. The summed E-state index contributed by atoms with van der Waals surface area (Å²) in [5.41, 5.74) is 0.643. The Morgan fingerprint density at radius 3 is 2.52 bits per heavy atom. The average molecular weight is 368 g/mol. The van der Waals surface area contributed by atoms with E-state index in [2.05, 4.69) is 19.2 Å². The van der Waals surface area contributed by atoms with Crippen LogP contribution in [0.2, 0.25) is 0 Å². The van der Waals surface area contributed by atoms with Crippen LogP contribution in [0.1, 0.15) is 46.0 Å². The first-order valence-corrected chi connectivity index (χ1v) is 10.6. The Kier molecular flexibility index (Phi) is 5.98. The Morgan fingerprint density at radius 1 is 1.36 bits per heavy atom. The zero-order chi connectivity index (χ0) is 18.7. The van der Waals surface area contributed by atoms with E-state index in [1.165, 1.54) is 6.26 Å². The first kappa shape index (κ1) is 19.6. The SMILES string of the molecule is CCCCC1CC(C)(Nc2ccc(S(C)(=O)=O)cc2)CCN1C(=O)O. The highest BCUT2D eigenvalue weighted by Crippen LogP contribution is 2.32. The number of carbonyl (C=O) groups is 1. The number of amides is 1. The summed E-state index contributed by atoms with van der Waals surface area (Å²) in [6.45, 7) is 4.72. The molecule has 1 aromatic rings. The lowest BCUT2D eigenvalue weighted by atomic mass is 9.83. The van der Waals surface area contributed by atoms with Crippen LogP contribution < -0.4 is 5.32 Å². The van der Waals surface area contributed by atoms with E-state index < -0.39 is 15.9 Å². The van der Waals surface area contributed by atoms with Gasteiger partial charge in [-0.05, 0) is 50.5 Å². The van der Waals surface area contributed by atoms with Crippen molar-refractivity contribution in [3.05, 3.63) is 24.3 Å². The molecular formula is C18H28N2O4S. The number of carboxylic acid groups (broad SMARTS) is 1. The molecule has 1 saturated heterocycles. The number of rotatable bonds is 6. The van der Waals surface area contributed by atoms with E-state index in [9.17, 15) is 18.3 Å². The number of nitrogens with one attached hydrogen (secondary N) is 1. The molecule has 1 aromatic carbocycles. The third-order valence-electron chi connectivity index (χ3n) is 4.90. The minimum atomic E-state index is -3.20. The second-order valence-electron chi connectivity index (χ2n) is 7.21. The van der Waals surface area contributed by atoms with Crippen molar-refractivity contribution in [1.82, 2.24) is 4.90 Å². The van der Waals surface area contributed by atoms with Crippen LogP contribution in [0.15, 0.2) is 29.2 Å². The molecule has 0 radical (unpaired) electrons. The van der Waals surface area contributed by atoms with Crippen LogP contribution in [0.5, 0.6) is 0 Å². The van der Waals surface area contributed by atoms with Crippen LogP contribution in [-0.4, -0.2) is 48.9 Å². The lowest BCUT2D eigenvalue weighted by molar-refractivity contribution is 0.0848. The third-order valence-corrected chi connectivity index (χ3v) is 6.03. The Labute approximate surface area is 150 Å². The van der Waals surface area contributed by atoms with Gasteiger partial charge < -0.3 is 15.3 Å². The maximum absolute atomic E-state index is 11.6. The summed E-state index contributed by atoms with van der Waals surface area (Å²) in [5, 5.41) is 12.9. The normalized spacial score (nSPS) is 24.1. The number of likely N-dealkylation sites (tertiary alicyclic amines) is 1. The van der Waals surface area contributed by atoms with Gasteiger partial charge in [-0.1, -0.05) is 19.8 Å². The molecular weight excluding hydrogens is 340 g/mol. The summed E-state index contributed by atoms with van der Waals surface area (Å²) in [6, 6.07) is 6.75. The standard InChI is InChI=1S/C18H28N2O4S/c1-4-5-6-15-13-18(2,11-12-20(15)17(21)22)19-14-7-9-16(10-8-14)25(3,23)24/h7-10,15,19H,4-6,11-13H2,1-3H3,(H,21,22). The van der Waals surface area contributed by atoms with E-state index in [1.807, 2.05) is 0 Å². The fraction of sp³-hybridized carbons (Fsp3) is 0.611. The molecule has 140 valence electrons. The second-order valence-corrected chi connectivity index (χ2v) is 9.22. The van der Waals surface area contributed by atoms with Crippen LogP contribution in [0.3, 0.4) is 0 Å². The van der Waals surface area contributed by atoms with E-state index in [0.29, 0.717) is 11.4 Å². The number of anilines is 1. The van der Waals surface area contributed by atoms with Gasteiger partial charge in [0.1, 0.15) is 0 Å². The van der Waals surface area contributed by atoms with Crippen molar-refractivity contribution in [3.8, 4) is 0 Å². The molecule has 1 aliphatic heterocycles. The largest absolute Gasteiger partial charge is 0.465 e. The summed E-state index contributed by atoms with van der Waals surface area (Å²) < 4.78 is 23.1. The minimum absolute atomic E-state index is 0.0130. The number of hydrogen-bond donors (Lipinski definition) is 2. The second kappa shape index (κ2) is 7.64. The molecule has 2 atom stereocenters. The fourth-order valence-electron chi connectivity index (χ4n) is 3.48. The molecule has 0 aliphatic carbocycles. The molecule has 0 bridgehead atoms. The molecule has 6 nitrogen and oxygen atoms in total. The van der Waals surface area contributed by atoms with Crippen molar-refractivity contribution in [3.63, 3.8) is 0 Å². The average Bonchev–Trinajstić information content (AvgIpc) is 2.52. The number of sulfone groups is 1. The summed E-state index contributed by atoms with van der Waals surface area (Å²) in [4.78, 5) is 13.3. The molecule has 2 N–H and O–H groups in total. The number of unbranched alkanes of at least 4 members (excludes halogenated alkanes) is 1. The zero-order valence-electron chi connectivity index (χ0n) is 15.2. The van der Waals surface area contributed by atoms with Gasteiger partial charge in [-0.2, -0.15) is 0 Å². The zero-order valence-corrected chi connectivity index (χ0v) is 16.0. The topological polar surface area (TPSA) is 86.7 Å². The third kappa shape index (κ3) is 5.11. The number of nitrogens with zero attached hydrogens (tertiary/aromatic N) is 1. The van der Waals surface area contributed by atoms with E-state index >= 15 is 0 Å². The molecule has 1 amide bonds. The number of piperidine rings is 1. The highest BCUT2D eigenvalue weighted by Gasteiger charge is 2.38. The van der Waals surface area contributed by atoms with Gasteiger partial charge in [0.15, 0.2) is 9.84 Å². The molecule has 1 heterocycles. The van der Waals surface area contributed by atoms with Gasteiger partial charge in [0.05, 0.1) is 4.90 Å². The summed E-state index contributed by atoms with van der Waals surface area (Å²) >= 11 is 0. The fourth-order valence-corrected chi connectivity index (χ4v) is 4.11. The first-order chi connectivity index (χ1) is 11.6. The Balaban J connectivity index is 2.11. The number of benzene rings is 1. The smallest absolute Gasteiger partial charge is 0.407 e. The predicted molar refractivity (Wildman–Crippen MR) is 98.9 cm³/mol. The predicted octanol–water partition coefficient (Wildman–Crippen LogP) is 3.59. The van der Waals surface area contributed by atoms with Gasteiger partial charge >= 0.3 is 6.09 Å². The highest BCUT2D eigenvalue weighted by atomic mass is 32.2. The molecule has 2 unspecified atom stereocenters. The van der Waals surface area contributed by atoms with Crippen molar-refractivity contribution in [2.45, 2.75) is 62.4 Å². The summed E-state index contributed by atoms with van der Waals surface area (Å²) in [5.74, 6) is 0. The van der Waals surface area contributed by atoms with Gasteiger partial charge in [-0.3, -0.25) is 0 Å². The molecule has 0 aromatic heterocycles. The van der Waals surface area contributed by atoms with Crippen molar-refractivity contribution >= 4 is 21.6 Å². The minimum Gasteiger partial charge on any atom is -0.465 e. The highest BCUT2D eigenvalue weighted by molar-refractivity contribution is 7.90. The first-order valence-electron chi connectivity index (χ1n) is 8.72. The molecule has 1 aliphatic rings. The maximum atomic E-state index is 11.6. The van der Waals surface area contributed by atoms with Gasteiger partial charge in [-0.15, -0.1) is 0 Å². The van der Waals surface area contributed by atoms with Gasteiger partial charge in [0.2, 0.25) is 0 Å². The quantitative estimate of drug-likeness (QED) is 0.801. The molecule has 0 saturated carbocycles. The van der Waals surface area contributed by atoms with E-state index in [-0.39, 0.29) is 11.6 Å². The lowest BCUT2D eigenvalue weighted by Gasteiger charge is -2.45. The van der Waals surface area contributed by atoms with Crippen molar-refractivity contribution < 1.29 is 18.3 Å². The van der Waals surface area contributed by atoms with Crippen LogP contribution >= 0.6 is 0 Å². The summed E-state index contributed by atoms with van der Waals surface area (Å²) in [7, 11) is -3.20. The number of hydrogen-bond acceptors (Lipinski definition) is 4.